The van der Waals surface area contributed by atoms with E-state index in [0.29, 0.717) is 6.42 Å². The van der Waals surface area contributed by atoms with Crippen LogP contribution in [0.3, 0.4) is 0 Å². The molecule has 1 N–H and O–H groups in total. The molecule has 0 unspecified atom stereocenters. The maximum atomic E-state index is 11.1. The summed E-state index contributed by atoms with van der Waals surface area (Å²) in [6, 6.07) is 6.23. The highest BCUT2D eigenvalue weighted by Gasteiger charge is 2.22. The molecule has 1 fully saturated rings. The zero-order valence-corrected chi connectivity index (χ0v) is 9.04. The average Bonchev–Trinajstić information content (AvgIpc) is 2.65. The fourth-order valence-electron chi connectivity index (χ4n) is 1.98. The van der Waals surface area contributed by atoms with Crippen molar-refractivity contribution in [1.82, 2.24) is 5.32 Å². The second kappa shape index (κ2) is 3.93. The van der Waals surface area contributed by atoms with Crippen LogP contribution in [0.25, 0.3) is 0 Å². The molecule has 3 nitrogen and oxygen atoms in total. The van der Waals surface area contributed by atoms with E-state index in [9.17, 15) is 4.79 Å². The molecule has 0 saturated carbocycles. The van der Waals surface area contributed by atoms with Crippen molar-refractivity contribution in [1.29, 1.82) is 0 Å². The maximum Gasteiger partial charge on any atom is 0.220 e. The lowest BCUT2D eigenvalue weighted by Gasteiger charge is -2.12. The molecule has 0 aromatic heterocycles. The van der Waals surface area contributed by atoms with Crippen LogP contribution in [0.2, 0.25) is 0 Å². The molecule has 1 aromatic rings. The quantitative estimate of drug-likeness (QED) is 0.801. The number of methoxy groups -OCH3 is 1. The number of amides is 1. The molecule has 1 heterocycles. The summed E-state index contributed by atoms with van der Waals surface area (Å²) in [5, 5.41) is 2.96. The first-order chi connectivity index (χ1) is 7.20. The summed E-state index contributed by atoms with van der Waals surface area (Å²) in [4.78, 5) is 11.1. The molecule has 1 aliphatic rings. The molecule has 1 aromatic carbocycles. The molecular formula is C12H15NO2. The normalized spacial score (nSPS) is 20.1. The Morgan fingerprint density at radius 1 is 1.47 bits per heavy atom. The summed E-state index contributed by atoms with van der Waals surface area (Å²) in [6.45, 7) is 2.01. The van der Waals surface area contributed by atoms with Gasteiger partial charge < -0.3 is 10.1 Å². The van der Waals surface area contributed by atoms with Gasteiger partial charge in [-0.3, -0.25) is 4.79 Å². The first kappa shape index (κ1) is 10.0. The number of ether oxygens (including phenoxy) is 1. The van der Waals surface area contributed by atoms with Gasteiger partial charge in [0.25, 0.3) is 0 Å². The summed E-state index contributed by atoms with van der Waals surface area (Å²) in [6.07, 6.45) is 1.53. The largest absolute Gasteiger partial charge is 0.496 e. The number of aryl methyl sites for hydroxylation is 1. The van der Waals surface area contributed by atoms with Crippen LogP contribution in [0.5, 0.6) is 5.75 Å². The molecule has 1 saturated heterocycles. The Bertz CT molecular complexity index is 387. The molecule has 0 radical (unpaired) electrons. The van der Waals surface area contributed by atoms with Crippen molar-refractivity contribution >= 4 is 5.91 Å². The van der Waals surface area contributed by atoms with E-state index in [0.717, 1.165) is 17.7 Å². The summed E-state index contributed by atoms with van der Waals surface area (Å²) in [7, 11) is 1.67. The monoisotopic (exact) mass is 205 g/mol. The summed E-state index contributed by atoms with van der Waals surface area (Å²) < 4.78 is 5.20. The van der Waals surface area contributed by atoms with E-state index >= 15 is 0 Å². The Morgan fingerprint density at radius 2 is 2.27 bits per heavy atom. The van der Waals surface area contributed by atoms with E-state index in [-0.39, 0.29) is 11.9 Å². The third-order valence-corrected chi connectivity index (χ3v) is 2.82. The number of benzene rings is 1. The van der Waals surface area contributed by atoms with Crippen molar-refractivity contribution in [3.05, 3.63) is 29.3 Å². The van der Waals surface area contributed by atoms with Gasteiger partial charge in [0.1, 0.15) is 5.75 Å². The second-order valence-electron chi connectivity index (χ2n) is 3.89. The number of hydrogen-bond donors (Lipinski definition) is 1. The first-order valence-electron chi connectivity index (χ1n) is 5.14. The third kappa shape index (κ3) is 1.96. The zero-order valence-electron chi connectivity index (χ0n) is 9.04. The molecule has 0 bridgehead atoms. The van der Waals surface area contributed by atoms with E-state index in [2.05, 4.69) is 11.4 Å². The molecule has 1 atom stereocenters. The SMILES string of the molecule is COc1ccc([C@H]2CCC(=O)N2)cc1C. The topological polar surface area (TPSA) is 38.3 Å². The van der Waals surface area contributed by atoms with Crippen molar-refractivity contribution in [3.8, 4) is 5.75 Å². The predicted molar refractivity (Wildman–Crippen MR) is 57.8 cm³/mol. The lowest BCUT2D eigenvalue weighted by atomic mass is 10.0. The minimum atomic E-state index is 0.147. The summed E-state index contributed by atoms with van der Waals surface area (Å²) >= 11 is 0. The minimum absolute atomic E-state index is 0.147. The summed E-state index contributed by atoms with van der Waals surface area (Å²) in [5.41, 5.74) is 2.27. The Balaban J connectivity index is 2.22. The minimum Gasteiger partial charge on any atom is -0.496 e. The fourth-order valence-corrected chi connectivity index (χ4v) is 1.98. The Morgan fingerprint density at radius 3 is 2.80 bits per heavy atom. The van der Waals surface area contributed by atoms with E-state index in [1.165, 1.54) is 5.56 Å². The Kier molecular flexibility index (Phi) is 2.62. The van der Waals surface area contributed by atoms with Crippen LogP contribution < -0.4 is 10.1 Å². The van der Waals surface area contributed by atoms with Crippen molar-refractivity contribution in [2.24, 2.45) is 0 Å². The van der Waals surface area contributed by atoms with Crippen LogP contribution in [-0.2, 0) is 4.79 Å². The number of carbonyl (C=O) groups is 1. The lowest BCUT2D eigenvalue weighted by molar-refractivity contribution is -0.119. The van der Waals surface area contributed by atoms with E-state index in [4.69, 9.17) is 4.74 Å². The van der Waals surface area contributed by atoms with Gasteiger partial charge in [-0.1, -0.05) is 12.1 Å². The van der Waals surface area contributed by atoms with Gasteiger partial charge in [-0.25, -0.2) is 0 Å². The van der Waals surface area contributed by atoms with Crippen molar-refractivity contribution in [2.75, 3.05) is 7.11 Å². The molecule has 15 heavy (non-hydrogen) atoms. The van der Waals surface area contributed by atoms with Gasteiger partial charge >= 0.3 is 0 Å². The number of hydrogen-bond acceptors (Lipinski definition) is 2. The standard InChI is InChI=1S/C12H15NO2/c1-8-7-9(3-5-11(8)15-2)10-4-6-12(14)13-10/h3,5,7,10H,4,6H2,1-2H3,(H,13,14)/t10-/m1/s1. The van der Waals surface area contributed by atoms with Crippen LogP contribution in [-0.4, -0.2) is 13.0 Å². The van der Waals surface area contributed by atoms with Gasteiger partial charge in [-0.2, -0.15) is 0 Å². The molecule has 0 spiro atoms. The van der Waals surface area contributed by atoms with Gasteiger partial charge in [0.05, 0.1) is 13.2 Å². The average molecular weight is 205 g/mol. The van der Waals surface area contributed by atoms with Gasteiger partial charge in [0.15, 0.2) is 0 Å². The van der Waals surface area contributed by atoms with E-state index in [1.807, 2.05) is 19.1 Å². The number of carbonyl (C=O) groups excluding carboxylic acids is 1. The zero-order chi connectivity index (χ0) is 10.8. The number of rotatable bonds is 2. The molecule has 0 aliphatic carbocycles. The second-order valence-corrected chi connectivity index (χ2v) is 3.89. The van der Waals surface area contributed by atoms with Gasteiger partial charge in [-0.05, 0) is 30.5 Å². The molecular weight excluding hydrogens is 190 g/mol. The van der Waals surface area contributed by atoms with Gasteiger partial charge in [-0.15, -0.1) is 0 Å². The van der Waals surface area contributed by atoms with Crippen molar-refractivity contribution in [3.63, 3.8) is 0 Å². The lowest BCUT2D eigenvalue weighted by Crippen LogP contribution is -2.18. The molecule has 1 amide bonds. The van der Waals surface area contributed by atoms with E-state index in [1.54, 1.807) is 7.11 Å². The third-order valence-electron chi connectivity index (χ3n) is 2.82. The highest BCUT2D eigenvalue weighted by atomic mass is 16.5. The van der Waals surface area contributed by atoms with Gasteiger partial charge in [0, 0.05) is 6.42 Å². The molecule has 80 valence electrons. The first-order valence-corrected chi connectivity index (χ1v) is 5.14. The van der Waals surface area contributed by atoms with Gasteiger partial charge in [0.2, 0.25) is 5.91 Å². The molecule has 3 heteroatoms. The number of nitrogens with one attached hydrogen (secondary N) is 1. The predicted octanol–water partition coefficient (Wildman–Crippen LogP) is 1.95. The maximum absolute atomic E-state index is 11.1. The van der Waals surface area contributed by atoms with E-state index < -0.39 is 0 Å². The van der Waals surface area contributed by atoms with Crippen LogP contribution in [0.4, 0.5) is 0 Å². The van der Waals surface area contributed by atoms with Crippen LogP contribution >= 0.6 is 0 Å². The smallest absolute Gasteiger partial charge is 0.220 e. The highest BCUT2D eigenvalue weighted by Crippen LogP contribution is 2.27. The summed E-state index contributed by atoms with van der Waals surface area (Å²) in [5.74, 6) is 1.04. The Labute approximate surface area is 89.4 Å². The van der Waals surface area contributed by atoms with Crippen molar-refractivity contribution in [2.45, 2.75) is 25.8 Å². The highest BCUT2D eigenvalue weighted by molar-refractivity contribution is 5.78. The molecule has 1 aliphatic heterocycles. The van der Waals surface area contributed by atoms with Crippen LogP contribution in [0.15, 0.2) is 18.2 Å². The van der Waals surface area contributed by atoms with Crippen LogP contribution in [0.1, 0.15) is 30.0 Å². The van der Waals surface area contributed by atoms with Crippen LogP contribution in [0, 0.1) is 6.92 Å². The fraction of sp³-hybridized carbons (Fsp3) is 0.417. The van der Waals surface area contributed by atoms with Crippen molar-refractivity contribution < 1.29 is 9.53 Å². The Hall–Kier alpha value is -1.51. The molecule has 2 rings (SSSR count).